The largest absolute Gasteiger partial charge is 0.343 e. The van der Waals surface area contributed by atoms with Gasteiger partial charge < -0.3 is 14.8 Å². The lowest BCUT2D eigenvalue weighted by Gasteiger charge is -2.44. The minimum Gasteiger partial charge on any atom is -0.343 e. The molecule has 2 aliphatic rings. The van der Waals surface area contributed by atoms with Gasteiger partial charge in [0.25, 0.3) is 11.8 Å². The molecule has 6 rings (SSSR count). The van der Waals surface area contributed by atoms with Crippen molar-refractivity contribution in [3.63, 3.8) is 0 Å². The molecule has 0 saturated carbocycles. The summed E-state index contributed by atoms with van der Waals surface area (Å²) in [5, 5.41) is 2.06. The first-order chi connectivity index (χ1) is 16.7. The van der Waals surface area contributed by atoms with E-state index in [1.807, 2.05) is 40.3 Å². The molecule has 1 unspecified atom stereocenters. The van der Waals surface area contributed by atoms with Crippen molar-refractivity contribution < 1.29 is 9.59 Å². The molecule has 5 heterocycles. The molecule has 0 radical (unpaired) electrons. The van der Waals surface area contributed by atoms with Gasteiger partial charge in [-0.3, -0.25) is 19.6 Å². The highest BCUT2D eigenvalue weighted by atomic mass is 16.2. The molecule has 34 heavy (non-hydrogen) atoms. The molecule has 0 aliphatic carbocycles. The van der Waals surface area contributed by atoms with Gasteiger partial charge >= 0.3 is 0 Å². The topological polar surface area (TPSA) is 95.1 Å². The van der Waals surface area contributed by atoms with Crippen molar-refractivity contribution in [2.24, 2.45) is 11.8 Å². The van der Waals surface area contributed by atoms with Crippen LogP contribution in [-0.4, -0.2) is 67.7 Å². The molecular formula is C26H26N6O2. The normalized spacial score (nSPS) is 19.2. The van der Waals surface area contributed by atoms with E-state index in [4.69, 9.17) is 0 Å². The lowest BCUT2D eigenvalue weighted by atomic mass is 9.82. The van der Waals surface area contributed by atoms with Crippen LogP contribution < -0.4 is 0 Å². The number of nitrogens with one attached hydrogen (secondary N) is 1. The fourth-order valence-corrected chi connectivity index (χ4v) is 5.31. The SMILES string of the molecule is O=C(c1ccc2cnccc2c1)N1CCCCC(C2CN(C(=O)c3cncc4[nH]cnc34)C2)C1. The Bertz CT molecular complexity index is 1380. The van der Waals surface area contributed by atoms with Crippen LogP contribution in [0.1, 0.15) is 40.0 Å². The van der Waals surface area contributed by atoms with Gasteiger partial charge in [-0.25, -0.2) is 4.98 Å². The predicted molar refractivity (Wildman–Crippen MR) is 128 cm³/mol. The fraction of sp³-hybridized carbons (Fsp3) is 0.346. The standard InChI is InChI=1S/C26H26N6O2/c33-25(18-4-5-19-10-27-7-6-17(19)9-18)31-8-2-1-3-20(13-31)21-14-32(15-21)26(34)22-11-28-12-23-24(22)30-16-29-23/h4-7,9-12,16,20-21H,1-3,8,13-15H2,(H,29,30). The van der Waals surface area contributed by atoms with Gasteiger partial charge in [0.15, 0.2) is 0 Å². The van der Waals surface area contributed by atoms with Crippen LogP contribution in [-0.2, 0) is 0 Å². The minimum atomic E-state index is -0.0198. The number of imidazole rings is 1. The molecule has 1 atom stereocenters. The molecule has 2 aliphatic heterocycles. The van der Waals surface area contributed by atoms with Crippen molar-refractivity contribution in [3.05, 3.63) is 66.5 Å². The van der Waals surface area contributed by atoms with Crippen LogP contribution >= 0.6 is 0 Å². The summed E-state index contributed by atoms with van der Waals surface area (Å²) in [6.45, 7) is 2.97. The molecule has 172 valence electrons. The number of carbonyl (C=O) groups excluding carboxylic acids is 2. The zero-order valence-corrected chi connectivity index (χ0v) is 18.9. The molecule has 4 aromatic rings. The van der Waals surface area contributed by atoms with Gasteiger partial charge in [-0.15, -0.1) is 0 Å². The first kappa shape index (κ1) is 20.8. The summed E-state index contributed by atoms with van der Waals surface area (Å²) < 4.78 is 0. The smallest absolute Gasteiger partial charge is 0.257 e. The highest BCUT2D eigenvalue weighted by molar-refractivity contribution is 6.04. The number of H-pyrrole nitrogens is 1. The summed E-state index contributed by atoms with van der Waals surface area (Å²) in [4.78, 5) is 45.9. The Balaban J connectivity index is 1.13. The van der Waals surface area contributed by atoms with E-state index in [1.165, 1.54) is 0 Å². The summed E-state index contributed by atoms with van der Waals surface area (Å²) in [5.41, 5.74) is 2.71. The maximum Gasteiger partial charge on any atom is 0.257 e. The first-order valence-electron chi connectivity index (χ1n) is 11.9. The number of rotatable bonds is 3. The molecule has 1 aromatic carbocycles. The Hall–Kier alpha value is -3.81. The maximum absolute atomic E-state index is 13.4. The molecule has 8 heteroatoms. The average molecular weight is 455 g/mol. The van der Waals surface area contributed by atoms with E-state index in [2.05, 4.69) is 19.9 Å². The number of aromatic nitrogens is 4. The Kier molecular flexibility index (Phi) is 5.20. The van der Waals surface area contributed by atoms with Gasteiger partial charge in [0, 0.05) is 55.7 Å². The second-order valence-electron chi connectivity index (χ2n) is 9.40. The van der Waals surface area contributed by atoms with E-state index in [9.17, 15) is 9.59 Å². The van der Waals surface area contributed by atoms with Crippen molar-refractivity contribution in [2.45, 2.75) is 19.3 Å². The van der Waals surface area contributed by atoms with E-state index in [-0.39, 0.29) is 11.8 Å². The van der Waals surface area contributed by atoms with Gasteiger partial charge in [-0.2, -0.15) is 0 Å². The molecule has 1 N–H and O–H groups in total. The van der Waals surface area contributed by atoms with E-state index >= 15 is 0 Å². The molecule has 2 amide bonds. The number of nitrogens with zero attached hydrogens (tertiary/aromatic N) is 5. The van der Waals surface area contributed by atoms with E-state index in [0.717, 1.165) is 67.3 Å². The van der Waals surface area contributed by atoms with Crippen LogP contribution in [0.5, 0.6) is 0 Å². The van der Waals surface area contributed by atoms with Gasteiger partial charge in [0.1, 0.15) is 5.52 Å². The van der Waals surface area contributed by atoms with Crippen molar-refractivity contribution in [1.82, 2.24) is 29.7 Å². The molecule has 0 bridgehead atoms. The average Bonchev–Trinajstić information content (AvgIpc) is 3.20. The monoisotopic (exact) mass is 454 g/mol. The summed E-state index contributed by atoms with van der Waals surface area (Å²) in [7, 11) is 0. The minimum absolute atomic E-state index is 0.0198. The van der Waals surface area contributed by atoms with Gasteiger partial charge in [-0.1, -0.05) is 12.5 Å². The fourth-order valence-electron chi connectivity index (χ4n) is 5.31. The highest BCUT2D eigenvalue weighted by Crippen LogP contribution is 2.32. The molecular weight excluding hydrogens is 428 g/mol. The summed E-state index contributed by atoms with van der Waals surface area (Å²) in [6, 6.07) is 7.78. The number of carbonyl (C=O) groups is 2. The van der Waals surface area contributed by atoms with Gasteiger partial charge in [-0.05, 0) is 48.3 Å². The van der Waals surface area contributed by atoms with Crippen LogP contribution in [0.25, 0.3) is 21.8 Å². The van der Waals surface area contributed by atoms with Crippen LogP contribution in [0.3, 0.4) is 0 Å². The summed E-state index contributed by atoms with van der Waals surface area (Å²) >= 11 is 0. The Morgan fingerprint density at radius 1 is 0.882 bits per heavy atom. The third kappa shape index (κ3) is 3.69. The van der Waals surface area contributed by atoms with Crippen molar-refractivity contribution in [3.8, 4) is 0 Å². The number of likely N-dealkylation sites (tertiary alicyclic amines) is 2. The number of hydrogen-bond donors (Lipinski definition) is 1. The molecule has 2 fully saturated rings. The number of fused-ring (bicyclic) bond motifs is 2. The van der Waals surface area contributed by atoms with Crippen molar-refractivity contribution in [2.75, 3.05) is 26.2 Å². The summed E-state index contributed by atoms with van der Waals surface area (Å²) in [5.74, 6) is 0.883. The molecule has 8 nitrogen and oxygen atoms in total. The number of amides is 2. The van der Waals surface area contributed by atoms with Crippen LogP contribution in [0.15, 0.2) is 55.4 Å². The number of pyridine rings is 2. The zero-order chi connectivity index (χ0) is 23.1. The number of benzene rings is 1. The van der Waals surface area contributed by atoms with Crippen LogP contribution in [0.2, 0.25) is 0 Å². The summed E-state index contributed by atoms with van der Waals surface area (Å²) in [6.07, 6.45) is 11.7. The van der Waals surface area contributed by atoms with Crippen molar-refractivity contribution in [1.29, 1.82) is 0 Å². The third-order valence-corrected chi connectivity index (χ3v) is 7.31. The van der Waals surface area contributed by atoms with Gasteiger partial charge in [0.05, 0.1) is 23.6 Å². The molecule has 0 spiro atoms. The van der Waals surface area contributed by atoms with E-state index in [0.29, 0.717) is 22.9 Å². The third-order valence-electron chi connectivity index (χ3n) is 7.31. The second-order valence-corrected chi connectivity index (χ2v) is 9.40. The predicted octanol–water partition coefficient (Wildman–Crippen LogP) is 3.52. The van der Waals surface area contributed by atoms with Gasteiger partial charge in [0.2, 0.25) is 0 Å². The lowest BCUT2D eigenvalue weighted by Crippen LogP contribution is -2.54. The van der Waals surface area contributed by atoms with Crippen LogP contribution in [0.4, 0.5) is 0 Å². The van der Waals surface area contributed by atoms with E-state index in [1.54, 1.807) is 24.9 Å². The highest BCUT2D eigenvalue weighted by Gasteiger charge is 2.39. The van der Waals surface area contributed by atoms with E-state index < -0.39 is 0 Å². The number of hydrogen-bond acceptors (Lipinski definition) is 5. The lowest BCUT2D eigenvalue weighted by molar-refractivity contribution is 0.0295. The second kappa shape index (κ2) is 8.52. The molecule has 3 aromatic heterocycles. The maximum atomic E-state index is 13.4. The quantitative estimate of drug-likeness (QED) is 0.511. The van der Waals surface area contributed by atoms with Crippen molar-refractivity contribution >= 4 is 33.6 Å². The Morgan fingerprint density at radius 3 is 2.68 bits per heavy atom. The zero-order valence-electron chi connectivity index (χ0n) is 18.9. The van der Waals surface area contributed by atoms with Crippen LogP contribution in [0, 0.1) is 11.8 Å². The number of aromatic amines is 1. The Morgan fingerprint density at radius 2 is 1.76 bits per heavy atom. The Labute approximate surface area is 197 Å². The molecule has 2 saturated heterocycles. The first-order valence-corrected chi connectivity index (χ1v) is 11.9.